The Labute approximate surface area is 205 Å². The fourth-order valence-corrected chi connectivity index (χ4v) is 4.10. The Morgan fingerprint density at radius 3 is 2.43 bits per heavy atom. The summed E-state index contributed by atoms with van der Waals surface area (Å²) >= 11 is 0. The number of hydrogen-bond donors (Lipinski definition) is 3. The van der Waals surface area contributed by atoms with E-state index in [4.69, 9.17) is 4.74 Å². The van der Waals surface area contributed by atoms with Gasteiger partial charge in [0, 0.05) is 26.4 Å². The van der Waals surface area contributed by atoms with E-state index in [1.165, 1.54) is 25.1 Å². The first-order valence-corrected chi connectivity index (χ1v) is 11.5. The number of methoxy groups -OCH3 is 1. The van der Waals surface area contributed by atoms with Crippen LogP contribution >= 0.6 is 0 Å². The number of nitrogens with one attached hydrogen (secondary N) is 3. The third kappa shape index (κ3) is 7.14. The van der Waals surface area contributed by atoms with Gasteiger partial charge < -0.3 is 25.6 Å². The molecule has 0 spiro atoms. The van der Waals surface area contributed by atoms with E-state index < -0.39 is 35.4 Å². The third-order valence-corrected chi connectivity index (χ3v) is 6.22. The molecule has 10 heteroatoms. The van der Waals surface area contributed by atoms with Crippen LogP contribution in [0.2, 0.25) is 0 Å². The maximum atomic E-state index is 13.4. The highest BCUT2D eigenvalue weighted by Crippen LogP contribution is 2.29. The van der Waals surface area contributed by atoms with Crippen LogP contribution in [0.1, 0.15) is 38.2 Å². The van der Waals surface area contributed by atoms with Gasteiger partial charge in [-0.1, -0.05) is 36.9 Å². The van der Waals surface area contributed by atoms with Crippen molar-refractivity contribution < 1.29 is 28.7 Å². The summed E-state index contributed by atoms with van der Waals surface area (Å²) in [7, 11) is 2.67. The van der Waals surface area contributed by atoms with Gasteiger partial charge in [0.2, 0.25) is 23.6 Å². The fourth-order valence-electron chi connectivity index (χ4n) is 4.10. The van der Waals surface area contributed by atoms with Crippen molar-refractivity contribution >= 4 is 29.6 Å². The highest BCUT2D eigenvalue weighted by atomic mass is 16.5. The monoisotopic (exact) mass is 486 g/mol. The molecular weight excluding hydrogens is 452 g/mol. The van der Waals surface area contributed by atoms with E-state index in [0.29, 0.717) is 19.4 Å². The standard InChI is InChI=1S/C25H34N4O6/c1-5-21(31)29-15-9-14-25(29,2)24(34)28-19(16-17-10-7-6-8-11-17)22(32)27-18(23(33)35-4)12-13-20(30)26-3/h5-8,10-11,18-19H,1,9,12-16H2,2-4H3,(H,26,30)(H,27,32)(H,28,34)/t18-,19-,25-/m0/s1. The van der Waals surface area contributed by atoms with Gasteiger partial charge in [0.1, 0.15) is 17.6 Å². The summed E-state index contributed by atoms with van der Waals surface area (Å²) in [5, 5.41) is 7.87. The molecule has 0 bridgehead atoms. The van der Waals surface area contributed by atoms with Crippen molar-refractivity contribution in [3.8, 4) is 0 Å². The summed E-state index contributed by atoms with van der Waals surface area (Å²) < 4.78 is 4.78. The molecule has 0 aliphatic carbocycles. The molecule has 1 aromatic rings. The minimum absolute atomic E-state index is 0.00293. The molecule has 10 nitrogen and oxygen atoms in total. The number of carbonyl (C=O) groups excluding carboxylic acids is 5. The summed E-state index contributed by atoms with van der Waals surface area (Å²) in [4.78, 5) is 64.3. The van der Waals surface area contributed by atoms with Crippen LogP contribution in [0.25, 0.3) is 0 Å². The average Bonchev–Trinajstić information content (AvgIpc) is 3.28. The number of carbonyl (C=O) groups is 5. The number of amides is 4. The lowest BCUT2D eigenvalue weighted by Crippen LogP contribution is -2.60. The van der Waals surface area contributed by atoms with Gasteiger partial charge in [-0.05, 0) is 37.8 Å². The van der Waals surface area contributed by atoms with Crippen LogP contribution in [0.3, 0.4) is 0 Å². The first kappa shape index (κ1) is 27.6. The summed E-state index contributed by atoms with van der Waals surface area (Å²) in [6.45, 7) is 5.58. The lowest BCUT2D eigenvalue weighted by molar-refractivity contribution is -0.146. The van der Waals surface area contributed by atoms with Gasteiger partial charge >= 0.3 is 5.97 Å². The Hall–Kier alpha value is -3.69. The van der Waals surface area contributed by atoms with Crippen molar-refractivity contribution in [3.63, 3.8) is 0 Å². The predicted octanol–water partition coefficient (Wildman–Crippen LogP) is 0.465. The number of nitrogens with zero attached hydrogens (tertiary/aromatic N) is 1. The van der Waals surface area contributed by atoms with Crippen molar-refractivity contribution in [1.82, 2.24) is 20.9 Å². The van der Waals surface area contributed by atoms with Gasteiger partial charge in [0.05, 0.1) is 7.11 Å². The second kappa shape index (κ2) is 12.7. The molecule has 0 aromatic heterocycles. The van der Waals surface area contributed by atoms with Gasteiger partial charge in [-0.3, -0.25) is 19.2 Å². The highest BCUT2D eigenvalue weighted by molar-refractivity contribution is 5.98. The lowest BCUT2D eigenvalue weighted by atomic mass is 9.95. The van der Waals surface area contributed by atoms with Crippen LogP contribution in [0.4, 0.5) is 0 Å². The topological polar surface area (TPSA) is 134 Å². The van der Waals surface area contributed by atoms with Crippen molar-refractivity contribution in [1.29, 1.82) is 0 Å². The van der Waals surface area contributed by atoms with E-state index in [2.05, 4.69) is 22.5 Å². The fraction of sp³-hybridized carbons (Fsp3) is 0.480. The van der Waals surface area contributed by atoms with Crippen LogP contribution < -0.4 is 16.0 Å². The second-order valence-electron chi connectivity index (χ2n) is 8.58. The van der Waals surface area contributed by atoms with Crippen LogP contribution in [-0.4, -0.2) is 72.8 Å². The molecule has 3 atom stereocenters. The molecular formula is C25H34N4O6. The first-order chi connectivity index (χ1) is 16.7. The maximum absolute atomic E-state index is 13.4. The Kier molecular flexibility index (Phi) is 9.98. The summed E-state index contributed by atoms with van der Waals surface area (Å²) in [5.74, 6) is -2.41. The Morgan fingerprint density at radius 2 is 1.83 bits per heavy atom. The number of ether oxygens (including phenoxy) is 1. The normalized spacial score (nSPS) is 18.7. The van der Waals surface area contributed by atoms with Gasteiger partial charge in [-0.15, -0.1) is 0 Å². The predicted molar refractivity (Wildman–Crippen MR) is 129 cm³/mol. The van der Waals surface area contributed by atoms with Crippen LogP contribution in [-0.2, 0) is 35.1 Å². The molecule has 35 heavy (non-hydrogen) atoms. The van der Waals surface area contributed by atoms with Crippen molar-refractivity contribution in [2.45, 2.75) is 56.7 Å². The molecule has 1 heterocycles. The zero-order valence-electron chi connectivity index (χ0n) is 20.5. The highest BCUT2D eigenvalue weighted by Gasteiger charge is 2.46. The first-order valence-electron chi connectivity index (χ1n) is 11.5. The Balaban J connectivity index is 2.25. The molecule has 2 rings (SSSR count). The Bertz CT molecular complexity index is 951. The van der Waals surface area contributed by atoms with Crippen molar-refractivity contribution in [3.05, 3.63) is 48.6 Å². The van der Waals surface area contributed by atoms with Crippen LogP contribution in [0, 0.1) is 0 Å². The molecule has 4 amide bonds. The number of rotatable bonds is 11. The molecule has 1 aliphatic heterocycles. The van der Waals surface area contributed by atoms with Crippen molar-refractivity contribution in [2.75, 3.05) is 20.7 Å². The third-order valence-electron chi connectivity index (χ3n) is 6.22. The second-order valence-corrected chi connectivity index (χ2v) is 8.58. The summed E-state index contributed by atoms with van der Waals surface area (Å²) in [6.07, 6.45) is 2.44. The molecule has 1 saturated heterocycles. The molecule has 3 N–H and O–H groups in total. The molecule has 0 unspecified atom stereocenters. The van der Waals surface area contributed by atoms with Crippen molar-refractivity contribution in [2.24, 2.45) is 0 Å². The quantitative estimate of drug-likeness (QED) is 0.307. The van der Waals surface area contributed by atoms with Crippen LogP contribution in [0.15, 0.2) is 43.0 Å². The average molecular weight is 487 g/mol. The molecule has 1 aromatic carbocycles. The largest absolute Gasteiger partial charge is 0.467 e. The van der Waals surface area contributed by atoms with Gasteiger partial charge in [0.15, 0.2) is 0 Å². The molecule has 1 aliphatic rings. The summed E-state index contributed by atoms with van der Waals surface area (Å²) in [6, 6.07) is 7.00. The van der Waals surface area contributed by atoms with E-state index in [9.17, 15) is 24.0 Å². The SMILES string of the molecule is C=CC(=O)N1CCC[C@@]1(C)C(=O)N[C@@H](Cc1ccccc1)C(=O)N[C@@H](CCC(=O)NC)C(=O)OC. The molecule has 190 valence electrons. The Morgan fingerprint density at radius 1 is 1.14 bits per heavy atom. The number of benzene rings is 1. The lowest BCUT2D eigenvalue weighted by Gasteiger charge is -2.34. The van der Waals surface area contributed by atoms with Crippen LogP contribution in [0.5, 0.6) is 0 Å². The number of likely N-dealkylation sites (tertiary alicyclic amines) is 1. The zero-order chi connectivity index (χ0) is 26.0. The van der Waals surface area contributed by atoms with Gasteiger partial charge in [-0.25, -0.2) is 4.79 Å². The van der Waals surface area contributed by atoms with E-state index in [0.717, 1.165) is 5.56 Å². The zero-order valence-corrected chi connectivity index (χ0v) is 20.5. The smallest absolute Gasteiger partial charge is 0.328 e. The van der Waals surface area contributed by atoms with E-state index in [1.54, 1.807) is 6.92 Å². The maximum Gasteiger partial charge on any atom is 0.328 e. The molecule has 0 radical (unpaired) electrons. The number of hydrogen-bond acceptors (Lipinski definition) is 6. The van der Waals surface area contributed by atoms with Gasteiger partial charge in [-0.2, -0.15) is 0 Å². The molecule has 1 fully saturated rings. The number of esters is 1. The van der Waals surface area contributed by atoms with E-state index >= 15 is 0 Å². The minimum atomic E-state index is -1.14. The van der Waals surface area contributed by atoms with E-state index in [-0.39, 0.29) is 31.1 Å². The summed E-state index contributed by atoms with van der Waals surface area (Å²) in [5.41, 5.74) is -0.343. The van der Waals surface area contributed by atoms with Gasteiger partial charge in [0.25, 0.3) is 0 Å². The molecule has 0 saturated carbocycles. The van der Waals surface area contributed by atoms with E-state index in [1.807, 2.05) is 30.3 Å². The minimum Gasteiger partial charge on any atom is -0.467 e.